The SMILES string of the molecule is Cc1ccc2c(c1)C(=Nc1c(Cl)cc([N+](=O)[O-])cc1Cl)c1cc([N+](=O)[O-])cc([N+](=O)[O-])c1-2. The molecule has 0 radical (unpaired) electrons. The van der Waals surface area contributed by atoms with Gasteiger partial charge in [-0.2, -0.15) is 0 Å². The van der Waals surface area contributed by atoms with Crippen molar-refractivity contribution in [1.82, 2.24) is 0 Å². The molecule has 0 spiro atoms. The molecule has 0 unspecified atom stereocenters. The highest BCUT2D eigenvalue weighted by Crippen LogP contribution is 2.47. The second kappa shape index (κ2) is 7.66. The summed E-state index contributed by atoms with van der Waals surface area (Å²) < 4.78 is 0. The number of hydrogen-bond donors (Lipinski definition) is 0. The van der Waals surface area contributed by atoms with Crippen LogP contribution in [0.4, 0.5) is 22.7 Å². The van der Waals surface area contributed by atoms with Gasteiger partial charge in [0.05, 0.1) is 42.2 Å². The molecule has 0 N–H and O–H groups in total. The Morgan fingerprint density at radius 3 is 1.91 bits per heavy atom. The Morgan fingerprint density at radius 2 is 1.34 bits per heavy atom. The zero-order chi connectivity index (χ0) is 23.3. The minimum atomic E-state index is -0.731. The summed E-state index contributed by atoms with van der Waals surface area (Å²) in [6.45, 7) is 1.81. The molecule has 10 nitrogen and oxygen atoms in total. The van der Waals surface area contributed by atoms with Gasteiger partial charge in [-0.15, -0.1) is 0 Å². The molecule has 0 saturated heterocycles. The van der Waals surface area contributed by atoms with E-state index in [9.17, 15) is 30.3 Å². The molecule has 1 aliphatic carbocycles. The fourth-order valence-corrected chi connectivity index (χ4v) is 4.10. The fourth-order valence-electron chi connectivity index (χ4n) is 3.54. The van der Waals surface area contributed by atoms with E-state index in [1.165, 1.54) is 6.07 Å². The van der Waals surface area contributed by atoms with Crippen LogP contribution in [-0.4, -0.2) is 20.5 Å². The summed E-state index contributed by atoms with van der Waals surface area (Å²) in [7, 11) is 0. The van der Waals surface area contributed by atoms with Gasteiger partial charge >= 0.3 is 0 Å². The number of nitrogens with zero attached hydrogens (tertiary/aromatic N) is 4. The van der Waals surface area contributed by atoms with Crippen LogP contribution in [-0.2, 0) is 0 Å². The summed E-state index contributed by atoms with van der Waals surface area (Å²) in [4.78, 5) is 36.6. The molecular formula is C20H10Cl2N4O6. The largest absolute Gasteiger partial charge is 0.284 e. The third-order valence-corrected chi connectivity index (χ3v) is 5.48. The van der Waals surface area contributed by atoms with Gasteiger partial charge in [-0.1, -0.05) is 40.9 Å². The molecule has 3 aromatic rings. The zero-order valence-corrected chi connectivity index (χ0v) is 17.5. The van der Waals surface area contributed by atoms with Gasteiger partial charge in [-0.3, -0.25) is 30.3 Å². The van der Waals surface area contributed by atoms with E-state index in [1.807, 2.05) is 6.92 Å². The Labute approximate surface area is 189 Å². The van der Waals surface area contributed by atoms with Crippen molar-refractivity contribution in [3.05, 3.63) is 99.5 Å². The lowest BCUT2D eigenvalue weighted by molar-refractivity contribution is -0.393. The minimum Gasteiger partial charge on any atom is -0.258 e. The van der Waals surface area contributed by atoms with Crippen molar-refractivity contribution in [2.75, 3.05) is 0 Å². The maximum absolute atomic E-state index is 11.7. The first-order chi connectivity index (χ1) is 15.1. The van der Waals surface area contributed by atoms with E-state index in [0.717, 1.165) is 23.8 Å². The van der Waals surface area contributed by atoms with Crippen LogP contribution in [0, 0.1) is 37.3 Å². The van der Waals surface area contributed by atoms with Gasteiger partial charge in [0.1, 0.15) is 5.69 Å². The van der Waals surface area contributed by atoms with Crippen LogP contribution >= 0.6 is 23.2 Å². The Hall–Kier alpha value is -3.89. The number of halogens is 2. The maximum atomic E-state index is 11.7. The number of benzene rings is 3. The molecule has 0 saturated carbocycles. The second-order valence-electron chi connectivity index (χ2n) is 6.93. The Balaban J connectivity index is 2.08. The number of nitro groups is 3. The number of hydrogen-bond acceptors (Lipinski definition) is 7. The Kier molecular flexibility index (Phi) is 5.11. The van der Waals surface area contributed by atoms with Gasteiger partial charge < -0.3 is 0 Å². The molecule has 0 bridgehead atoms. The van der Waals surface area contributed by atoms with Crippen LogP contribution in [0.5, 0.6) is 0 Å². The molecule has 3 aromatic carbocycles. The zero-order valence-electron chi connectivity index (χ0n) is 16.0. The summed E-state index contributed by atoms with van der Waals surface area (Å²) in [5, 5.41) is 34.0. The topological polar surface area (TPSA) is 142 Å². The Morgan fingerprint density at radius 1 is 0.750 bits per heavy atom. The fraction of sp³-hybridized carbons (Fsp3) is 0.0500. The van der Waals surface area contributed by atoms with Crippen LogP contribution < -0.4 is 0 Å². The minimum absolute atomic E-state index is 0.00315. The van der Waals surface area contributed by atoms with Crippen LogP contribution in [0.25, 0.3) is 11.1 Å². The normalized spacial score (nSPS) is 13.0. The van der Waals surface area contributed by atoms with Gasteiger partial charge in [-0.05, 0) is 18.6 Å². The highest BCUT2D eigenvalue weighted by Gasteiger charge is 2.35. The van der Waals surface area contributed by atoms with Gasteiger partial charge in [-0.25, -0.2) is 4.99 Å². The van der Waals surface area contributed by atoms with Gasteiger partial charge in [0.2, 0.25) is 0 Å². The average molecular weight is 473 g/mol. The monoisotopic (exact) mass is 472 g/mol. The van der Waals surface area contributed by atoms with Gasteiger partial charge in [0.15, 0.2) is 0 Å². The van der Waals surface area contributed by atoms with E-state index >= 15 is 0 Å². The van der Waals surface area contributed by atoms with Crippen molar-refractivity contribution in [3.63, 3.8) is 0 Å². The molecule has 32 heavy (non-hydrogen) atoms. The second-order valence-corrected chi connectivity index (χ2v) is 7.74. The van der Waals surface area contributed by atoms with Crippen molar-refractivity contribution in [1.29, 1.82) is 0 Å². The molecular weight excluding hydrogens is 463 g/mol. The van der Waals surface area contributed by atoms with E-state index in [-0.39, 0.29) is 38.3 Å². The number of aryl methyl sites for hydroxylation is 1. The van der Waals surface area contributed by atoms with E-state index in [1.54, 1.807) is 18.2 Å². The molecule has 12 heteroatoms. The summed E-state index contributed by atoms with van der Waals surface area (Å²) in [6.07, 6.45) is 0. The first-order valence-electron chi connectivity index (χ1n) is 8.89. The third-order valence-electron chi connectivity index (χ3n) is 4.90. The van der Waals surface area contributed by atoms with Crippen LogP contribution in [0.15, 0.2) is 47.5 Å². The van der Waals surface area contributed by atoms with Crippen molar-refractivity contribution in [2.24, 2.45) is 4.99 Å². The third kappa shape index (κ3) is 3.45. The van der Waals surface area contributed by atoms with Crippen molar-refractivity contribution < 1.29 is 14.8 Å². The predicted octanol–water partition coefficient (Wildman–Crippen LogP) is 6.18. The van der Waals surface area contributed by atoms with Crippen molar-refractivity contribution >= 4 is 51.7 Å². The molecule has 0 heterocycles. The molecule has 0 aromatic heterocycles. The lowest BCUT2D eigenvalue weighted by Gasteiger charge is -2.06. The summed E-state index contributed by atoms with van der Waals surface area (Å²) >= 11 is 12.4. The van der Waals surface area contributed by atoms with E-state index in [4.69, 9.17) is 23.2 Å². The Bertz CT molecular complexity index is 1380. The number of rotatable bonds is 4. The summed E-state index contributed by atoms with van der Waals surface area (Å²) in [5.41, 5.74) is 1.07. The number of fused-ring (bicyclic) bond motifs is 3. The van der Waals surface area contributed by atoms with Crippen LogP contribution in [0.1, 0.15) is 16.7 Å². The lowest BCUT2D eigenvalue weighted by atomic mass is 10.0. The molecule has 0 amide bonds. The first kappa shape index (κ1) is 21.3. The lowest BCUT2D eigenvalue weighted by Crippen LogP contribution is -2.01. The summed E-state index contributed by atoms with van der Waals surface area (Å²) in [5.74, 6) is 0. The standard InChI is InChI=1S/C20H10Cl2N4O6/c1-9-2-3-12-13(4-9)19(23-20-15(21)6-11(25(29)30)7-16(20)22)14-5-10(24(27)28)8-17(18(12)14)26(31)32/h2-8H,1H3. The van der Waals surface area contributed by atoms with E-state index < -0.39 is 26.1 Å². The first-order valence-corrected chi connectivity index (χ1v) is 9.64. The van der Waals surface area contributed by atoms with Gasteiger partial charge in [0, 0.05) is 29.3 Å². The quantitative estimate of drug-likeness (QED) is 0.256. The van der Waals surface area contributed by atoms with Crippen molar-refractivity contribution in [3.8, 4) is 11.1 Å². The average Bonchev–Trinajstić information content (AvgIpc) is 3.02. The highest BCUT2D eigenvalue weighted by atomic mass is 35.5. The van der Waals surface area contributed by atoms with Crippen LogP contribution in [0.3, 0.4) is 0 Å². The molecule has 0 fully saturated rings. The van der Waals surface area contributed by atoms with E-state index in [0.29, 0.717) is 11.1 Å². The van der Waals surface area contributed by atoms with Crippen molar-refractivity contribution in [2.45, 2.75) is 6.92 Å². The molecule has 0 atom stereocenters. The number of nitro benzene ring substituents is 3. The number of aliphatic imine (C=N–C) groups is 1. The molecule has 1 aliphatic rings. The maximum Gasteiger partial charge on any atom is 0.284 e. The molecule has 0 aliphatic heterocycles. The summed E-state index contributed by atoms with van der Waals surface area (Å²) in [6, 6.07) is 9.41. The molecule has 4 rings (SSSR count). The highest BCUT2D eigenvalue weighted by molar-refractivity contribution is 6.40. The predicted molar refractivity (Wildman–Crippen MR) is 118 cm³/mol. The molecule has 160 valence electrons. The number of non-ortho nitro benzene ring substituents is 2. The van der Waals surface area contributed by atoms with E-state index in [2.05, 4.69) is 4.99 Å². The van der Waals surface area contributed by atoms with Crippen LogP contribution in [0.2, 0.25) is 10.0 Å². The van der Waals surface area contributed by atoms with Gasteiger partial charge in [0.25, 0.3) is 17.1 Å². The smallest absolute Gasteiger partial charge is 0.258 e.